The maximum atomic E-state index is 11.4. The molecule has 1 aliphatic rings. The number of carbonyl (C=O) groups excluding carboxylic acids is 2. The number of rotatable bonds is 1. The molecule has 2 rings (SSSR count). The van der Waals surface area contributed by atoms with Gasteiger partial charge in [-0.2, -0.15) is 0 Å². The van der Waals surface area contributed by atoms with Crippen LogP contribution in [0.15, 0.2) is 6.20 Å². The smallest absolute Gasteiger partial charge is 0.261 e. The van der Waals surface area contributed by atoms with Crippen molar-refractivity contribution in [3.8, 4) is 0 Å². The highest BCUT2D eigenvalue weighted by molar-refractivity contribution is 6.24. The summed E-state index contributed by atoms with van der Waals surface area (Å²) in [5.41, 5.74) is 1.92. The molecular weight excluding hydrogens is 182 g/mol. The number of amides is 2. The van der Waals surface area contributed by atoms with E-state index >= 15 is 0 Å². The molecule has 0 saturated heterocycles. The van der Waals surface area contributed by atoms with Crippen molar-refractivity contribution in [1.82, 2.24) is 10.3 Å². The summed E-state index contributed by atoms with van der Waals surface area (Å²) in [6.45, 7) is 1.70. The number of hydrogen-bond donors (Lipinski definition) is 2. The van der Waals surface area contributed by atoms with Crippen LogP contribution in [0.5, 0.6) is 0 Å². The first-order chi connectivity index (χ1) is 6.65. The highest BCUT2D eigenvalue weighted by atomic mass is 16.2. The minimum atomic E-state index is -0.368. The van der Waals surface area contributed by atoms with Crippen molar-refractivity contribution in [3.63, 3.8) is 0 Å². The first kappa shape index (κ1) is 8.68. The van der Waals surface area contributed by atoms with Gasteiger partial charge in [0.25, 0.3) is 11.8 Å². The lowest BCUT2D eigenvalue weighted by molar-refractivity contribution is 0.0880. The van der Waals surface area contributed by atoms with Crippen LogP contribution in [0.4, 0.5) is 5.69 Å². The fourth-order valence-electron chi connectivity index (χ4n) is 1.54. The number of nitrogens with one attached hydrogen (secondary N) is 2. The first-order valence-corrected chi connectivity index (χ1v) is 4.18. The fraction of sp³-hybridized carbons (Fsp3) is 0.222. The van der Waals surface area contributed by atoms with Gasteiger partial charge in [0, 0.05) is 7.05 Å². The number of aryl methyl sites for hydroxylation is 1. The Kier molecular flexibility index (Phi) is 1.73. The molecule has 0 atom stereocenters. The second kappa shape index (κ2) is 2.80. The molecule has 0 radical (unpaired) electrons. The zero-order chi connectivity index (χ0) is 10.3. The van der Waals surface area contributed by atoms with Gasteiger partial charge < -0.3 is 5.32 Å². The van der Waals surface area contributed by atoms with Gasteiger partial charge in [0.05, 0.1) is 28.7 Å². The van der Waals surface area contributed by atoms with Gasteiger partial charge in [0.15, 0.2) is 0 Å². The molecule has 5 nitrogen and oxygen atoms in total. The van der Waals surface area contributed by atoms with Crippen molar-refractivity contribution in [2.45, 2.75) is 6.92 Å². The van der Waals surface area contributed by atoms with Crippen LogP contribution < -0.4 is 10.6 Å². The Morgan fingerprint density at radius 1 is 1.29 bits per heavy atom. The van der Waals surface area contributed by atoms with Gasteiger partial charge in [0.1, 0.15) is 0 Å². The quantitative estimate of drug-likeness (QED) is 0.627. The van der Waals surface area contributed by atoms with Crippen molar-refractivity contribution in [3.05, 3.63) is 23.0 Å². The summed E-state index contributed by atoms with van der Waals surface area (Å²) in [6, 6.07) is 0. The molecule has 1 aromatic rings. The Balaban J connectivity index is 2.76. The summed E-state index contributed by atoms with van der Waals surface area (Å²) in [4.78, 5) is 26.8. The Morgan fingerprint density at radius 3 is 2.57 bits per heavy atom. The molecule has 2 amide bonds. The zero-order valence-electron chi connectivity index (χ0n) is 7.84. The molecule has 0 unspecified atom stereocenters. The molecule has 0 spiro atoms. The van der Waals surface area contributed by atoms with Crippen molar-refractivity contribution in [2.24, 2.45) is 0 Å². The summed E-state index contributed by atoms with van der Waals surface area (Å²) in [7, 11) is 1.68. The number of pyridine rings is 1. The van der Waals surface area contributed by atoms with E-state index in [1.54, 1.807) is 20.2 Å². The molecule has 5 heteroatoms. The Hall–Kier alpha value is -1.91. The van der Waals surface area contributed by atoms with Crippen LogP contribution in [0.2, 0.25) is 0 Å². The molecular formula is C9H9N3O2. The minimum absolute atomic E-state index is 0.361. The maximum Gasteiger partial charge on any atom is 0.261 e. The number of nitrogens with zero attached hydrogens (tertiary/aromatic N) is 1. The highest BCUT2D eigenvalue weighted by Gasteiger charge is 2.31. The van der Waals surface area contributed by atoms with Crippen LogP contribution in [-0.2, 0) is 0 Å². The third-order valence-electron chi connectivity index (χ3n) is 2.22. The van der Waals surface area contributed by atoms with E-state index in [0.29, 0.717) is 22.5 Å². The van der Waals surface area contributed by atoms with Crippen LogP contribution in [0.3, 0.4) is 0 Å². The number of aromatic nitrogens is 1. The molecule has 1 aliphatic heterocycles. The Morgan fingerprint density at radius 2 is 1.93 bits per heavy atom. The predicted octanol–water partition coefficient (Wildman–Crippen LogP) is 0.315. The number of carbonyl (C=O) groups is 2. The third-order valence-corrected chi connectivity index (χ3v) is 2.22. The largest absolute Gasteiger partial charge is 0.386 e. The van der Waals surface area contributed by atoms with Gasteiger partial charge in [-0.25, -0.2) is 0 Å². The van der Waals surface area contributed by atoms with Crippen molar-refractivity contribution in [2.75, 3.05) is 12.4 Å². The van der Waals surface area contributed by atoms with Gasteiger partial charge in [0.2, 0.25) is 0 Å². The lowest BCUT2D eigenvalue weighted by atomic mass is 10.1. The Labute approximate surface area is 80.5 Å². The van der Waals surface area contributed by atoms with Crippen LogP contribution in [-0.4, -0.2) is 23.8 Å². The number of anilines is 1. The predicted molar refractivity (Wildman–Crippen MR) is 50.3 cm³/mol. The van der Waals surface area contributed by atoms with E-state index in [-0.39, 0.29) is 11.8 Å². The summed E-state index contributed by atoms with van der Waals surface area (Å²) >= 11 is 0. The highest BCUT2D eigenvalue weighted by Crippen LogP contribution is 2.24. The zero-order valence-corrected chi connectivity index (χ0v) is 7.84. The van der Waals surface area contributed by atoms with Crippen LogP contribution in [0.25, 0.3) is 0 Å². The molecule has 72 valence electrons. The SMILES string of the molecule is CNc1cnc(C)c2c1C(=O)NC2=O. The molecule has 0 saturated carbocycles. The average molecular weight is 191 g/mol. The van der Waals surface area contributed by atoms with Crippen molar-refractivity contribution >= 4 is 17.5 Å². The lowest BCUT2D eigenvalue weighted by Crippen LogP contribution is -2.20. The lowest BCUT2D eigenvalue weighted by Gasteiger charge is -2.05. The van der Waals surface area contributed by atoms with Gasteiger partial charge in [-0.1, -0.05) is 0 Å². The summed E-state index contributed by atoms with van der Waals surface area (Å²) in [5, 5.41) is 5.07. The molecule has 0 aromatic carbocycles. The average Bonchev–Trinajstić information content (AvgIpc) is 2.44. The van der Waals surface area contributed by atoms with Gasteiger partial charge in [-0.15, -0.1) is 0 Å². The second-order valence-electron chi connectivity index (χ2n) is 3.04. The third kappa shape index (κ3) is 0.985. The van der Waals surface area contributed by atoms with E-state index < -0.39 is 0 Å². The van der Waals surface area contributed by atoms with Gasteiger partial charge >= 0.3 is 0 Å². The molecule has 2 N–H and O–H groups in total. The Bertz CT molecular complexity index is 440. The van der Waals surface area contributed by atoms with Crippen LogP contribution in [0, 0.1) is 6.92 Å². The molecule has 0 fully saturated rings. The van der Waals surface area contributed by atoms with Gasteiger partial charge in [-0.3, -0.25) is 19.9 Å². The fourth-order valence-corrected chi connectivity index (χ4v) is 1.54. The standard InChI is InChI=1S/C9H9N3O2/c1-4-6-7(5(10-2)3-11-4)9(14)12-8(6)13/h3,10H,1-2H3,(H,12,13,14). The maximum absolute atomic E-state index is 11.4. The monoisotopic (exact) mass is 191 g/mol. The summed E-state index contributed by atoms with van der Waals surface area (Å²) in [5.74, 6) is -0.730. The number of fused-ring (bicyclic) bond motifs is 1. The second-order valence-corrected chi connectivity index (χ2v) is 3.04. The van der Waals surface area contributed by atoms with E-state index in [0.717, 1.165) is 0 Å². The van der Waals surface area contributed by atoms with Crippen molar-refractivity contribution < 1.29 is 9.59 Å². The van der Waals surface area contributed by atoms with E-state index in [2.05, 4.69) is 15.6 Å². The van der Waals surface area contributed by atoms with Gasteiger partial charge in [-0.05, 0) is 6.92 Å². The molecule has 0 aliphatic carbocycles. The molecule has 0 bridgehead atoms. The van der Waals surface area contributed by atoms with E-state index in [9.17, 15) is 9.59 Å². The van der Waals surface area contributed by atoms with Crippen LogP contribution >= 0.6 is 0 Å². The molecule has 14 heavy (non-hydrogen) atoms. The minimum Gasteiger partial charge on any atom is -0.386 e. The van der Waals surface area contributed by atoms with E-state index in [1.807, 2.05) is 0 Å². The molecule has 1 aromatic heterocycles. The summed E-state index contributed by atoms with van der Waals surface area (Å²) < 4.78 is 0. The summed E-state index contributed by atoms with van der Waals surface area (Å²) in [6.07, 6.45) is 1.55. The normalized spacial score (nSPS) is 13.9. The molecule has 2 heterocycles. The first-order valence-electron chi connectivity index (χ1n) is 4.18. The topological polar surface area (TPSA) is 71.1 Å². The number of imide groups is 1. The number of hydrogen-bond acceptors (Lipinski definition) is 4. The van der Waals surface area contributed by atoms with Crippen molar-refractivity contribution in [1.29, 1.82) is 0 Å². The van der Waals surface area contributed by atoms with E-state index in [1.165, 1.54) is 0 Å². The van der Waals surface area contributed by atoms with E-state index in [4.69, 9.17) is 0 Å². The van der Waals surface area contributed by atoms with Crippen LogP contribution in [0.1, 0.15) is 26.4 Å².